The number of aromatic nitrogens is 6. The zero-order valence-corrected chi connectivity index (χ0v) is 41.9. The van der Waals surface area contributed by atoms with Gasteiger partial charge in [0.15, 0.2) is 5.16 Å². The molecule has 0 saturated carbocycles. The lowest BCUT2D eigenvalue weighted by Gasteiger charge is -2.51. The van der Waals surface area contributed by atoms with Crippen LogP contribution in [0.3, 0.4) is 0 Å². The highest BCUT2D eigenvalue weighted by Crippen LogP contribution is 2.42. The van der Waals surface area contributed by atoms with Gasteiger partial charge in [-0.25, -0.2) is 0 Å². The van der Waals surface area contributed by atoms with Crippen LogP contribution in [-0.4, -0.2) is 152 Å². The highest BCUT2D eigenvalue weighted by Gasteiger charge is 2.50. The maximum absolute atomic E-state index is 10.9. The van der Waals surface area contributed by atoms with Gasteiger partial charge in [-0.3, -0.25) is 0 Å². The summed E-state index contributed by atoms with van der Waals surface area (Å²) in [5, 5.41) is 49.7. The van der Waals surface area contributed by atoms with E-state index in [1.165, 1.54) is 32.0 Å². The molecule has 362 valence electrons. The predicted octanol–water partition coefficient (Wildman–Crippen LogP) is 7.39. The molecule has 0 spiro atoms. The molecule has 6 rings (SSSR count). The van der Waals surface area contributed by atoms with Gasteiger partial charge in [0.1, 0.15) is 31.0 Å². The molecule has 4 N–H and O–H groups in total. The molecular formula is C44H76N10O9S. The molecule has 20 heteroatoms. The van der Waals surface area contributed by atoms with Gasteiger partial charge in [0.25, 0.3) is 0 Å². The Hall–Kier alpha value is -2.95. The standard InChI is InChI=1S/C44H76N10O9S/c1-37(2)19-27(20-38(3,4)51(37)55)60-32-45-31(46-33(47-32)61-28-21-39(5,6)52(56)40(7,8)22-28)59-17-18-64-36-49-34(62-29-23-41(9,10)53(57)42(11,12)24-29)48-35(50-36)63-30-25-43(13,14)54(58)44(15,16)26-30/h27-30,55-58H,17-26H2,1-16H3. The van der Waals surface area contributed by atoms with Crippen LogP contribution in [0.15, 0.2) is 5.16 Å². The molecule has 2 aromatic rings. The van der Waals surface area contributed by atoms with E-state index in [-0.39, 0.29) is 61.1 Å². The first-order chi connectivity index (χ1) is 29.2. The highest BCUT2D eigenvalue weighted by atomic mass is 32.2. The molecule has 0 aliphatic carbocycles. The molecule has 0 bridgehead atoms. The number of piperidine rings is 4. The minimum absolute atomic E-state index is 0.0152. The monoisotopic (exact) mass is 921 g/mol. The minimum atomic E-state index is -0.565. The van der Waals surface area contributed by atoms with E-state index >= 15 is 0 Å². The molecule has 0 amide bonds. The third-order valence-corrected chi connectivity index (χ3v) is 14.0. The summed E-state index contributed by atoms with van der Waals surface area (Å²) >= 11 is 1.32. The summed E-state index contributed by atoms with van der Waals surface area (Å²) in [5.74, 6) is 0.377. The number of hydrogen-bond donors (Lipinski definition) is 4. The first-order valence-electron chi connectivity index (χ1n) is 22.6. The lowest BCUT2D eigenvalue weighted by Crippen LogP contribution is -2.61. The molecule has 4 fully saturated rings. The molecule has 0 unspecified atom stereocenters. The summed E-state index contributed by atoms with van der Waals surface area (Å²) in [6.07, 6.45) is 3.03. The van der Waals surface area contributed by atoms with Gasteiger partial charge in [-0.15, -0.1) is 19.9 Å². The molecule has 4 saturated heterocycles. The average molecular weight is 921 g/mol. The van der Waals surface area contributed by atoms with E-state index < -0.39 is 44.3 Å². The van der Waals surface area contributed by atoms with Crippen molar-refractivity contribution in [3.05, 3.63) is 0 Å². The highest BCUT2D eigenvalue weighted by molar-refractivity contribution is 7.99. The zero-order chi connectivity index (χ0) is 47.6. The van der Waals surface area contributed by atoms with E-state index in [2.05, 4.69) is 19.9 Å². The van der Waals surface area contributed by atoms with Crippen LogP contribution in [0.25, 0.3) is 0 Å². The fraction of sp³-hybridized carbons (Fsp3) is 0.864. The van der Waals surface area contributed by atoms with Gasteiger partial charge in [-0.2, -0.15) is 30.2 Å². The van der Waals surface area contributed by atoms with Crippen LogP contribution < -0.4 is 23.7 Å². The van der Waals surface area contributed by atoms with Crippen LogP contribution in [-0.2, 0) is 0 Å². The third kappa shape index (κ3) is 11.4. The van der Waals surface area contributed by atoms with Gasteiger partial charge < -0.3 is 44.5 Å². The Bertz CT molecular complexity index is 1630. The van der Waals surface area contributed by atoms with E-state index in [0.29, 0.717) is 62.3 Å². The summed E-state index contributed by atoms with van der Waals surface area (Å²) in [7, 11) is 0. The van der Waals surface area contributed by atoms with Gasteiger partial charge in [-0.1, -0.05) is 11.8 Å². The van der Waals surface area contributed by atoms with Gasteiger partial charge in [-0.05, 0) is 111 Å². The van der Waals surface area contributed by atoms with Crippen LogP contribution >= 0.6 is 11.8 Å². The van der Waals surface area contributed by atoms with E-state index in [0.717, 1.165) is 0 Å². The first kappa shape index (κ1) is 50.5. The molecule has 6 heterocycles. The first-order valence-corrected chi connectivity index (χ1v) is 23.6. The Labute approximate surface area is 383 Å². The molecule has 0 radical (unpaired) electrons. The molecule has 0 atom stereocenters. The van der Waals surface area contributed by atoms with Crippen molar-refractivity contribution in [2.75, 3.05) is 12.4 Å². The van der Waals surface area contributed by atoms with E-state index in [1.54, 1.807) is 0 Å². The quantitative estimate of drug-likeness (QED) is 0.114. The van der Waals surface area contributed by atoms with E-state index in [9.17, 15) is 20.8 Å². The van der Waals surface area contributed by atoms with E-state index in [1.807, 2.05) is 111 Å². The molecule has 4 aliphatic rings. The zero-order valence-electron chi connectivity index (χ0n) is 41.1. The maximum atomic E-state index is 10.9. The molecule has 19 nitrogen and oxygen atoms in total. The summed E-state index contributed by atoms with van der Waals surface area (Å²) in [5.41, 5.74) is -4.47. The van der Waals surface area contributed by atoms with Crippen molar-refractivity contribution >= 4 is 11.8 Å². The van der Waals surface area contributed by atoms with Crippen LogP contribution in [0.4, 0.5) is 0 Å². The Balaban J connectivity index is 1.21. The van der Waals surface area contributed by atoms with Crippen LogP contribution in [0.1, 0.15) is 162 Å². The Morgan fingerprint density at radius 2 is 0.609 bits per heavy atom. The van der Waals surface area contributed by atoms with Crippen LogP contribution in [0, 0.1) is 0 Å². The average Bonchev–Trinajstić information content (AvgIpc) is 3.11. The molecule has 64 heavy (non-hydrogen) atoms. The van der Waals surface area contributed by atoms with Crippen molar-refractivity contribution in [3.8, 4) is 30.1 Å². The minimum Gasteiger partial charge on any atom is -0.462 e. The van der Waals surface area contributed by atoms with Gasteiger partial charge in [0.2, 0.25) is 0 Å². The SMILES string of the molecule is CC1(C)CC(Oc2nc(OCCSc3nc(OC4CC(C)(C)N(O)C(C)(C)C4)nc(OC4CC(C)(C)N(O)C(C)(C)C4)n3)nc(OC3CC(C)(C)N(O)C(C)(C)C3)n2)CC(C)(C)N1O. The Morgan fingerprint density at radius 3 is 0.859 bits per heavy atom. The van der Waals surface area contributed by atoms with Gasteiger partial charge in [0, 0.05) is 101 Å². The number of ether oxygens (including phenoxy) is 5. The second-order valence-corrected chi connectivity index (χ2v) is 24.5. The van der Waals surface area contributed by atoms with Crippen LogP contribution in [0.2, 0.25) is 0 Å². The van der Waals surface area contributed by atoms with Crippen molar-refractivity contribution in [2.24, 2.45) is 0 Å². The lowest BCUT2D eigenvalue weighted by atomic mass is 9.80. The largest absolute Gasteiger partial charge is 0.462 e. The number of hydroxylamine groups is 8. The van der Waals surface area contributed by atoms with Crippen molar-refractivity contribution < 1.29 is 44.5 Å². The summed E-state index contributed by atoms with van der Waals surface area (Å²) in [6.45, 7) is 31.7. The smallest absolute Gasteiger partial charge is 0.326 e. The van der Waals surface area contributed by atoms with Crippen molar-refractivity contribution in [3.63, 3.8) is 0 Å². The topological polar surface area (TPSA) is 217 Å². The fourth-order valence-corrected chi connectivity index (χ4v) is 11.5. The second-order valence-electron chi connectivity index (χ2n) is 23.4. The molecule has 4 aliphatic heterocycles. The second kappa shape index (κ2) is 17.6. The number of nitrogens with zero attached hydrogens (tertiary/aromatic N) is 10. The Kier molecular flexibility index (Phi) is 13.9. The maximum Gasteiger partial charge on any atom is 0.326 e. The summed E-state index contributed by atoms with van der Waals surface area (Å²) in [4.78, 5) is 27.7. The number of rotatable bonds is 13. The number of thioether (sulfide) groups is 1. The van der Waals surface area contributed by atoms with Crippen molar-refractivity contribution in [1.29, 1.82) is 0 Å². The molecule has 0 aromatic carbocycles. The summed E-state index contributed by atoms with van der Waals surface area (Å²) < 4.78 is 32.0. The van der Waals surface area contributed by atoms with Gasteiger partial charge in [0.05, 0.1) is 0 Å². The van der Waals surface area contributed by atoms with Gasteiger partial charge >= 0.3 is 30.1 Å². The van der Waals surface area contributed by atoms with Crippen molar-refractivity contribution in [2.45, 2.75) is 236 Å². The summed E-state index contributed by atoms with van der Waals surface area (Å²) in [6, 6.07) is 0.347. The molecular weight excluding hydrogens is 845 g/mol. The fourth-order valence-electron chi connectivity index (χ4n) is 10.9. The van der Waals surface area contributed by atoms with E-state index in [4.69, 9.17) is 33.7 Å². The predicted molar refractivity (Wildman–Crippen MR) is 238 cm³/mol. The number of hydrogen-bond acceptors (Lipinski definition) is 20. The van der Waals surface area contributed by atoms with Crippen LogP contribution in [0.5, 0.6) is 30.1 Å². The normalized spacial score (nSPS) is 26.3. The Morgan fingerprint density at radius 1 is 0.391 bits per heavy atom. The lowest BCUT2D eigenvalue weighted by molar-refractivity contribution is -0.255. The third-order valence-electron chi connectivity index (χ3n) is 13.2. The molecule has 2 aromatic heterocycles. The van der Waals surface area contributed by atoms with Crippen molar-refractivity contribution in [1.82, 2.24) is 50.2 Å².